The molecule has 3 N–H and O–H groups in total. The molecule has 0 radical (unpaired) electrons. The summed E-state index contributed by atoms with van der Waals surface area (Å²) in [5.74, 6) is 0.621. The number of benzene rings is 1. The van der Waals surface area contributed by atoms with Crippen LogP contribution in [-0.2, 0) is 23.1 Å². The molecule has 0 aliphatic carbocycles. The molecule has 102 valence electrons. The fraction of sp³-hybridized carbons (Fsp3) is 0.250. The fourth-order valence-corrected chi connectivity index (χ4v) is 2.55. The summed E-state index contributed by atoms with van der Waals surface area (Å²) < 4.78 is 26.5. The molecule has 0 aliphatic heterocycles. The standard InChI is InChI=1S/C12H15N3O3S/c1-2-11-13-7-12(14-11)19(17,18)15-10-5-3-9(8-16)4-6-10/h3-7,15-16H,2,8H2,1H3,(H,13,14). The van der Waals surface area contributed by atoms with Crippen LogP contribution in [0.2, 0.25) is 0 Å². The zero-order valence-corrected chi connectivity index (χ0v) is 11.2. The Morgan fingerprint density at radius 2 is 2.00 bits per heavy atom. The minimum atomic E-state index is -3.65. The maximum atomic E-state index is 12.1. The second kappa shape index (κ2) is 5.41. The Balaban J connectivity index is 2.20. The van der Waals surface area contributed by atoms with E-state index < -0.39 is 10.0 Å². The fourth-order valence-electron chi connectivity index (χ4n) is 1.55. The number of aliphatic hydroxyl groups is 1. The molecule has 0 atom stereocenters. The molecule has 1 heterocycles. The topological polar surface area (TPSA) is 95.1 Å². The first kappa shape index (κ1) is 13.6. The summed E-state index contributed by atoms with van der Waals surface area (Å²) in [5, 5.41) is 8.95. The van der Waals surface area contributed by atoms with Crippen molar-refractivity contribution >= 4 is 15.7 Å². The summed E-state index contributed by atoms with van der Waals surface area (Å²) >= 11 is 0. The van der Waals surface area contributed by atoms with E-state index in [2.05, 4.69) is 14.7 Å². The highest BCUT2D eigenvalue weighted by Crippen LogP contribution is 2.15. The number of nitrogens with zero attached hydrogens (tertiary/aromatic N) is 1. The second-order valence-corrected chi connectivity index (χ2v) is 5.66. The van der Waals surface area contributed by atoms with Gasteiger partial charge in [0.1, 0.15) is 5.82 Å². The summed E-state index contributed by atoms with van der Waals surface area (Å²) in [6, 6.07) is 6.50. The molecule has 7 heteroatoms. The van der Waals surface area contributed by atoms with E-state index >= 15 is 0 Å². The zero-order chi connectivity index (χ0) is 13.9. The number of hydrogen-bond donors (Lipinski definition) is 3. The lowest BCUT2D eigenvalue weighted by Crippen LogP contribution is -2.13. The number of aromatic nitrogens is 2. The minimum Gasteiger partial charge on any atom is -0.392 e. The van der Waals surface area contributed by atoms with E-state index in [0.29, 0.717) is 17.9 Å². The second-order valence-electron chi connectivity index (χ2n) is 4.01. The monoisotopic (exact) mass is 281 g/mol. The summed E-state index contributed by atoms with van der Waals surface area (Å²) in [6.45, 7) is 1.81. The number of imidazole rings is 1. The molecular weight excluding hydrogens is 266 g/mol. The van der Waals surface area contributed by atoms with Crippen molar-refractivity contribution in [3.05, 3.63) is 41.9 Å². The van der Waals surface area contributed by atoms with Gasteiger partial charge in [0, 0.05) is 12.1 Å². The molecule has 1 aromatic carbocycles. The number of rotatable bonds is 5. The van der Waals surface area contributed by atoms with Crippen LogP contribution in [0, 0.1) is 0 Å². The van der Waals surface area contributed by atoms with Gasteiger partial charge in [0.15, 0.2) is 5.03 Å². The van der Waals surface area contributed by atoms with Crippen LogP contribution in [0.15, 0.2) is 35.5 Å². The molecule has 0 unspecified atom stereocenters. The Hall–Kier alpha value is -1.86. The van der Waals surface area contributed by atoms with Crippen molar-refractivity contribution in [2.75, 3.05) is 4.72 Å². The number of nitrogens with one attached hydrogen (secondary N) is 2. The maximum absolute atomic E-state index is 12.1. The number of aromatic amines is 1. The van der Waals surface area contributed by atoms with Gasteiger partial charge in [-0.05, 0) is 17.7 Å². The van der Waals surface area contributed by atoms with Crippen molar-refractivity contribution in [2.45, 2.75) is 25.0 Å². The lowest BCUT2D eigenvalue weighted by molar-refractivity contribution is 0.282. The third kappa shape index (κ3) is 3.12. The third-order valence-corrected chi connectivity index (χ3v) is 3.91. The lowest BCUT2D eigenvalue weighted by Gasteiger charge is -2.06. The summed E-state index contributed by atoms with van der Waals surface area (Å²) in [6.07, 6.45) is 1.93. The van der Waals surface area contributed by atoms with Gasteiger partial charge in [-0.25, -0.2) is 4.98 Å². The molecule has 2 aromatic rings. The van der Waals surface area contributed by atoms with Gasteiger partial charge in [-0.15, -0.1) is 0 Å². The van der Waals surface area contributed by atoms with E-state index in [-0.39, 0.29) is 11.6 Å². The Labute approximate surface area is 111 Å². The first-order valence-corrected chi connectivity index (χ1v) is 7.30. The predicted molar refractivity (Wildman–Crippen MR) is 71.1 cm³/mol. The molecule has 0 saturated heterocycles. The average Bonchev–Trinajstić information content (AvgIpc) is 2.89. The highest BCUT2D eigenvalue weighted by Gasteiger charge is 2.16. The summed E-state index contributed by atoms with van der Waals surface area (Å²) in [5.41, 5.74) is 1.16. The molecule has 0 bridgehead atoms. The van der Waals surface area contributed by atoms with Crippen molar-refractivity contribution in [3.63, 3.8) is 0 Å². The minimum absolute atomic E-state index is 0.0376. The van der Waals surface area contributed by atoms with Crippen molar-refractivity contribution in [3.8, 4) is 0 Å². The van der Waals surface area contributed by atoms with E-state index in [4.69, 9.17) is 5.11 Å². The highest BCUT2D eigenvalue weighted by molar-refractivity contribution is 7.92. The van der Waals surface area contributed by atoms with Gasteiger partial charge < -0.3 is 10.1 Å². The maximum Gasteiger partial charge on any atom is 0.278 e. The number of aliphatic hydroxyl groups excluding tert-OH is 1. The number of H-pyrrole nitrogens is 1. The summed E-state index contributed by atoms with van der Waals surface area (Å²) in [4.78, 5) is 6.71. The molecule has 0 aliphatic rings. The van der Waals surface area contributed by atoms with Gasteiger partial charge >= 0.3 is 0 Å². The molecular formula is C12H15N3O3S. The first-order chi connectivity index (χ1) is 9.05. The average molecular weight is 281 g/mol. The lowest BCUT2D eigenvalue weighted by atomic mass is 10.2. The van der Waals surface area contributed by atoms with Crippen LogP contribution < -0.4 is 4.72 Å². The molecule has 6 nitrogen and oxygen atoms in total. The SMILES string of the molecule is CCc1ncc(S(=O)(=O)Nc2ccc(CO)cc2)[nH]1. The van der Waals surface area contributed by atoms with Gasteiger partial charge in [0.05, 0.1) is 12.8 Å². The van der Waals surface area contributed by atoms with Crippen molar-refractivity contribution in [1.29, 1.82) is 0 Å². The number of anilines is 1. The quantitative estimate of drug-likeness (QED) is 0.769. The van der Waals surface area contributed by atoms with E-state index in [9.17, 15) is 8.42 Å². The smallest absolute Gasteiger partial charge is 0.278 e. The van der Waals surface area contributed by atoms with Gasteiger partial charge in [-0.3, -0.25) is 4.72 Å². The van der Waals surface area contributed by atoms with Crippen LogP contribution >= 0.6 is 0 Å². The Bertz CT molecular complexity index is 647. The van der Waals surface area contributed by atoms with Crippen LogP contribution in [0.1, 0.15) is 18.3 Å². The first-order valence-electron chi connectivity index (χ1n) is 5.81. The van der Waals surface area contributed by atoms with Gasteiger partial charge in [-0.1, -0.05) is 19.1 Å². The molecule has 1 aromatic heterocycles. The number of hydrogen-bond acceptors (Lipinski definition) is 4. The van der Waals surface area contributed by atoms with Crippen molar-refractivity contribution in [2.24, 2.45) is 0 Å². The Morgan fingerprint density at radius 3 is 2.53 bits per heavy atom. The molecule has 0 saturated carbocycles. The molecule has 2 rings (SSSR count). The Kier molecular flexibility index (Phi) is 3.87. The van der Waals surface area contributed by atoms with Crippen LogP contribution in [0.4, 0.5) is 5.69 Å². The largest absolute Gasteiger partial charge is 0.392 e. The zero-order valence-electron chi connectivity index (χ0n) is 10.4. The predicted octanol–water partition coefficient (Wildman–Crippen LogP) is 1.27. The van der Waals surface area contributed by atoms with Gasteiger partial charge in [-0.2, -0.15) is 8.42 Å². The number of sulfonamides is 1. The van der Waals surface area contributed by atoms with Crippen LogP contribution in [0.5, 0.6) is 0 Å². The van der Waals surface area contributed by atoms with E-state index in [1.165, 1.54) is 6.20 Å². The van der Waals surface area contributed by atoms with E-state index in [1.807, 2.05) is 6.92 Å². The third-order valence-electron chi connectivity index (χ3n) is 2.62. The highest BCUT2D eigenvalue weighted by atomic mass is 32.2. The van der Waals surface area contributed by atoms with Gasteiger partial charge in [0.2, 0.25) is 0 Å². The van der Waals surface area contributed by atoms with Crippen LogP contribution in [0.25, 0.3) is 0 Å². The van der Waals surface area contributed by atoms with Crippen LogP contribution in [-0.4, -0.2) is 23.5 Å². The Morgan fingerprint density at radius 1 is 1.32 bits per heavy atom. The van der Waals surface area contributed by atoms with E-state index in [0.717, 1.165) is 5.56 Å². The molecule has 0 fully saturated rings. The molecule has 0 amide bonds. The van der Waals surface area contributed by atoms with Gasteiger partial charge in [0.25, 0.3) is 10.0 Å². The van der Waals surface area contributed by atoms with Crippen molar-refractivity contribution < 1.29 is 13.5 Å². The normalized spacial score (nSPS) is 11.5. The molecule has 19 heavy (non-hydrogen) atoms. The van der Waals surface area contributed by atoms with E-state index in [1.54, 1.807) is 24.3 Å². The number of aryl methyl sites for hydroxylation is 1. The van der Waals surface area contributed by atoms with Crippen LogP contribution in [0.3, 0.4) is 0 Å². The van der Waals surface area contributed by atoms with Crippen molar-refractivity contribution in [1.82, 2.24) is 9.97 Å². The summed E-state index contributed by atoms with van der Waals surface area (Å²) in [7, 11) is -3.65. The molecule has 0 spiro atoms.